The van der Waals surface area contributed by atoms with Gasteiger partial charge in [-0.2, -0.15) is 0 Å². The lowest BCUT2D eigenvalue weighted by Crippen LogP contribution is -2.24. The molecular weight excluding hydrogens is 264 g/mol. The van der Waals surface area contributed by atoms with Crippen LogP contribution in [-0.4, -0.2) is 14.2 Å². The van der Waals surface area contributed by atoms with E-state index in [2.05, 4.69) is 13.5 Å². The van der Waals surface area contributed by atoms with Gasteiger partial charge in [0.25, 0.3) is 0 Å². The molecule has 0 aliphatic rings. The number of imidazole rings is 1. The second kappa shape index (κ2) is 6.97. The molecule has 4 heteroatoms. The van der Waals surface area contributed by atoms with Crippen LogP contribution in [0.25, 0.3) is 0 Å². The Kier molecular flexibility index (Phi) is 5.04. The minimum atomic E-state index is -0.160. The molecule has 1 heterocycles. The van der Waals surface area contributed by atoms with Gasteiger partial charge in [0.2, 0.25) is 5.88 Å². The van der Waals surface area contributed by atoms with Crippen molar-refractivity contribution in [3.05, 3.63) is 64.7 Å². The smallest absolute Gasteiger partial charge is 0.331 e. The van der Waals surface area contributed by atoms with Crippen molar-refractivity contribution in [2.75, 3.05) is 0 Å². The zero-order valence-electron chi connectivity index (χ0n) is 12.5. The fourth-order valence-electron chi connectivity index (χ4n) is 2.43. The average molecular weight is 286 g/mol. The molecule has 2 aromatic rings. The van der Waals surface area contributed by atoms with Crippen molar-refractivity contribution >= 4 is 0 Å². The molecule has 0 bridgehead atoms. The van der Waals surface area contributed by atoms with E-state index in [9.17, 15) is 9.90 Å². The van der Waals surface area contributed by atoms with Crippen LogP contribution in [-0.2, 0) is 19.5 Å². The molecule has 0 saturated heterocycles. The number of allylic oxidation sites excluding steroid dienone is 1. The summed E-state index contributed by atoms with van der Waals surface area (Å²) < 4.78 is 3.07. The van der Waals surface area contributed by atoms with Crippen molar-refractivity contribution in [3.63, 3.8) is 0 Å². The molecule has 4 nitrogen and oxygen atoms in total. The van der Waals surface area contributed by atoms with E-state index in [0.29, 0.717) is 25.2 Å². The van der Waals surface area contributed by atoms with Crippen molar-refractivity contribution in [3.8, 4) is 5.88 Å². The van der Waals surface area contributed by atoms with Gasteiger partial charge in [-0.25, -0.2) is 4.79 Å². The van der Waals surface area contributed by atoms with Gasteiger partial charge in [-0.15, -0.1) is 6.58 Å². The molecule has 21 heavy (non-hydrogen) atoms. The third-order valence-corrected chi connectivity index (χ3v) is 3.56. The first-order chi connectivity index (χ1) is 10.2. The number of benzene rings is 1. The second-order valence-electron chi connectivity index (χ2n) is 5.12. The van der Waals surface area contributed by atoms with E-state index in [-0.39, 0.29) is 11.6 Å². The van der Waals surface area contributed by atoms with Crippen molar-refractivity contribution in [1.82, 2.24) is 9.13 Å². The number of hydrogen-bond donors (Lipinski definition) is 1. The molecule has 0 unspecified atom stereocenters. The molecule has 0 atom stereocenters. The van der Waals surface area contributed by atoms with Crippen molar-refractivity contribution < 1.29 is 5.11 Å². The third kappa shape index (κ3) is 3.27. The Morgan fingerprint density at radius 3 is 2.57 bits per heavy atom. The molecule has 0 aliphatic carbocycles. The predicted octanol–water partition coefficient (Wildman–Crippen LogP) is 2.93. The third-order valence-electron chi connectivity index (χ3n) is 3.56. The number of rotatable bonds is 7. The van der Waals surface area contributed by atoms with Crippen LogP contribution < -0.4 is 5.69 Å². The molecule has 112 valence electrons. The molecule has 0 saturated carbocycles. The van der Waals surface area contributed by atoms with Crippen molar-refractivity contribution in [1.29, 1.82) is 0 Å². The van der Waals surface area contributed by atoms with Gasteiger partial charge in [-0.1, -0.05) is 49.8 Å². The highest BCUT2D eigenvalue weighted by atomic mass is 16.3. The first-order valence-corrected chi connectivity index (χ1v) is 7.35. The van der Waals surface area contributed by atoms with Gasteiger partial charge in [0.1, 0.15) is 0 Å². The van der Waals surface area contributed by atoms with Gasteiger partial charge in [-0.3, -0.25) is 9.13 Å². The topological polar surface area (TPSA) is 47.2 Å². The van der Waals surface area contributed by atoms with Crippen LogP contribution in [0.4, 0.5) is 0 Å². The summed E-state index contributed by atoms with van der Waals surface area (Å²) in [6.07, 6.45) is 4.07. The molecule has 0 fully saturated rings. The Labute approximate surface area is 125 Å². The normalized spacial score (nSPS) is 10.7. The molecule has 1 aromatic carbocycles. The van der Waals surface area contributed by atoms with E-state index in [1.807, 2.05) is 30.3 Å². The van der Waals surface area contributed by atoms with Gasteiger partial charge >= 0.3 is 5.69 Å². The Hall–Kier alpha value is -2.23. The minimum absolute atomic E-state index is 0.0825. The molecule has 1 N–H and O–H groups in total. The highest BCUT2D eigenvalue weighted by Gasteiger charge is 2.18. The number of aromatic hydroxyl groups is 1. The standard InChI is InChI=1S/C17H22N2O2/c1-3-5-12-19-16(20)15(18(11-4-2)17(19)21)13-14-9-7-6-8-10-14/h4,6-10,20H,2-3,5,11-13H2,1H3. The van der Waals surface area contributed by atoms with Crippen LogP contribution in [0.1, 0.15) is 31.0 Å². The summed E-state index contributed by atoms with van der Waals surface area (Å²) in [7, 11) is 0. The van der Waals surface area contributed by atoms with Crippen molar-refractivity contribution in [2.24, 2.45) is 0 Å². The van der Waals surface area contributed by atoms with Crippen LogP contribution >= 0.6 is 0 Å². The average Bonchev–Trinajstić information content (AvgIpc) is 2.71. The maximum absolute atomic E-state index is 12.4. The maximum atomic E-state index is 12.4. The largest absolute Gasteiger partial charge is 0.493 e. The summed E-state index contributed by atoms with van der Waals surface area (Å²) in [5, 5.41) is 10.4. The predicted molar refractivity (Wildman–Crippen MR) is 84.7 cm³/mol. The van der Waals surface area contributed by atoms with Crippen LogP contribution in [0.15, 0.2) is 47.8 Å². The number of unbranched alkanes of at least 4 members (excludes halogenated alkanes) is 1. The monoisotopic (exact) mass is 286 g/mol. The minimum Gasteiger partial charge on any atom is -0.493 e. The zero-order chi connectivity index (χ0) is 15.2. The Morgan fingerprint density at radius 1 is 1.24 bits per heavy atom. The molecule has 2 rings (SSSR count). The van der Waals surface area contributed by atoms with E-state index in [0.717, 1.165) is 18.4 Å². The summed E-state index contributed by atoms with van der Waals surface area (Å²) in [6.45, 7) is 6.72. The highest BCUT2D eigenvalue weighted by Crippen LogP contribution is 2.20. The first kappa shape index (κ1) is 15.2. The summed E-state index contributed by atoms with van der Waals surface area (Å²) >= 11 is 0. The van der Waals surface area contributed by atoms with Gasteiger partial charge in [-0.05, 0) is 12.0 Å². The van der Waals surface area contributed by atoms with Crippen LogP contribution in [0.3, 0.4) is 0 Å². The first-order valence-electron chi connectivity index (χ1n) is 7.35. The van der Waals surface area contributed by atoms with Crippen molar-refractivity contribution in [2.45, 2.75) is 39.3 Å². The Bertz CT molecular complexity index is 653. The van der Waals surface area contributed by atoms with Gasteiger partial charge < -0.3 is 5.11 Å². The fraction of sp³-hybridized carbons (Fsp3) is 0.353. The van der Waals surface area contributed by atoms with Gasteiger partial charge in [0, 0.05) is 19.5 Å². The lowest BCUT2D eigenvalue weighted by molar-refractivity contribution is 0.404. The van der Waals surface area contributed by atoms with Crippen LogP contribution in [0.2, 0.25) is 0 Å². The SMILES string of the molecule is C=CCn1c(Cc2ccccc2)c(O)n(CCCC)c1=O. The number of hydrogen-bond acceptors (Lipinski definition) is 2. The molecule has 1 aromatic heterocycles. The van der Waals surface area contributed by atoms with E-state index < -0.39 is 0 Å². The lowest BCUT2D eigenvalue weighted by atomic mass is 10.1. The zero-order valence-corrected chi connectivity index (χ0v) is 12.5. The maximum Gasteiger partial charge on any atom is 0.331 e. The van der Waals surface area contributed by atoms with Crippen LogP contribution in [0.5, 0.6) is 5.88 Å². The fourth-order valence-corrected chi connectivity index (χ4v) is 2.43. The Morgan fingerprint density at radius 2 is 1.95 bits per heavy atom. The summed E-state index contributed by atoms with van der Waals surface area (Å²) in [6, 6.07) is 9.84. The van der Waals surface area contributed by atoms with Gasteiger partial charge in [0.05, 0.1) is 5.69 Å². The van der Waals surface area contributed by atoms with Crippen LogP contribution in [0, 0.1) is 0 Å². The van der Waals surface area contributed by atoms with E-state index in [1.54, 1.807) is 10.6 Å². The molecule has 0 aliphatic heterocycles. The molecule has 0 amide bonds. The van der Waals surface area contributed by atoms with E-state index in [4.69, 9.17) is 0 Å². The summed E-state index contributed by atoms with van der Waals surface area (Å²) in [5.74, 6) is 0.0825. The Balaban J connectivity index is 2.42. The highest BCUT2D eigenvalue weighted by molar-refractivity contribution is 5.29. The van der Waals surface area contributed by atoms with E-state index in [1.165, 1.54) is 4.57 Å². The molecular formula is C17H22N2O2. The summed E-state index contributed by atoms with van der Waals surface area (Å²) in [4.78, 5) is 12.4. The van der Waals surface area contributed by atoms with Gasteiger partial charge in [0.15, 0.2) is 0 Å². The second-order valence-corrected chi connectivity index (χ2v) is 5.12. The molecule has 0 spiro atoms. The summed E-state index contributed by atoms with van der Waals surface area (Å²) in [5.41, 5.74) is 1.56. The molecule has 0 radical (unpaired) electrons. The lowest BCUT2D eigenvalue weighted by Gasteiger charge is -2.05. The number of aromatic nitrogens is 2. The number of nitrogens with zero attached hydrogens (tertiary/aromatic N) is 2. The van der Waals surface area contributed by atoms with E-state index >= 15 is 0 Å². The quantitative estimate of drug-likeness (QED) is 0.796.